The lowest BCUT2D eigenvalue weighted by molar-refractivity contribution is -0.136. The van der Waals surface area contributed by atoms with Crippen molar-refractivity contribution in [3.63, 3.8) is 0 Å². The molecule has 5 nitrogen and oxygen atoms in total. The number of nitrogens with zero attached hydrogens (tertiary/aromatic N) is 3. The number of hydrogen-bond acceptors (Lipinski definition) is 3. The minimum Gasteiger partial charge on any atom is -0.481 e. The van der Waals surface area contributed by atoms with Gasteiger partial charge in [-0.05, 0) is 49.8 Å². The standard InChI is InChI=1S/C21H26FN3O2/c1-24-19-11-6-9-16(19)18(23-24)13-25(15-7-2-3-8-15)21(26)14-27-20-12-5-4-10-17(20)22/h4-5,10,12,15H,2-3,6-9,11,13-14H2,1H3. The molecule has 0 atom stereocenters. The number of aromatic nitrogens is 2. The summed E-state index contributed by atoms with van der Waals surface area (Å²) in [6.45, 7) is 0.375. The molecule has 1 amide bonds. The van der Waals surface area contributed by atoms with Gasteiger partial charge < -0.3 is 9.64 Å². The Balaban J connectivity index is 1.50. The molecule has 144 valence electrons. The smallest absolute Gasteiger partial charge is 0.261 e. The van der Waals surface area contributed by atoms with Crippen molar-refractivity contribution in [2.45, 2.75) is 57.5 Å². The summed E-state index contributed by atoms with van der Waals surface area (Å²) in [4.78, 5) is 14.9. The molecular formula is C21H26FN3O2. The van der Waals surface area contributed by atoms with Gasteiger partial charge in [0, 0.05) is 18.8 Å². The second kappa shape index (κ2) is 7.71. The fourth-order valence-electron chi connectivity index (χ4n) is 4.41. The van der Waals surface area contributed by atoms with Gasteiger partial charge in [0.15, 0.2) is 18.2 Å². The topological polar surface area (TPSA) is 47.4 Å². The molecule has 0 saturated heterocycles. The van der Waals surface area contributed by atoms with Gasteiger partial charge in [0.2, 0.25) is 0 Å². The predicted molar refractivity (Wildman–Crippen MR) is 99.9 cm³/mol. The number of halogens is 1. The first-order chi connectivity index (χ1) is 13.1. The number of amides is 1. The lowest BCUT2D eigenvalue weighted by Gasteiger charge is -2.28. The number of carbonyl (C=O) groups is 1. The first-order valence-corrected chi connectivity index (χ1v) is 9.84. The number of aryl methyl sites for hydroxylation is 1. The van der Waals surface area contributed by atoms with Crippen molar-refractivity contribution < 1.29 is 13.9 Å². The van der Waals surface area contributed by atoms with Gasteiger partial charge in [-0.2, -0.15) is 5.10 Å². The van der Waals surface area contributed by atoms with E-state index in [1.165, 1.54) is 17.3 Å². The highest BCUT2D eigenvalue weighted by Gasteiger charge is 2.30. The molecule has 0 bridgehead atoms. The molecule has 0 unspecified atom stereocenters. The third kappa shape index (κ3) is 3.70. The summed E-state index contributed by atoms with van der Waals surface area (Å²) in [5, 5.41) is 4.68. The summed E-state index contributed by atoms with van der Waals surface area (Å²) in [7, 11) is 1.98. The van der Waals surface area contributed by atoms with Crippen molar-refractivity contribution in [2.75, 3.05) is 6.61 Å². The minimum absolute atomic E-state index is 0.0949. The van der Waals surface area contributed by atoms with E-state index in [4.69, 9.17) is 4.74 Å². The zero-order chi connectivity index (χ0) is 18.8. The molecule has 2 aliphatic carbocycles. The van der Waals surface area contributed by atoms with Gasteiger partial charge in [-0.1, -0.05) is 25.0 Å². The number of hydrogen-bond donors (Lipinski definition) is 0. The number of benzene rings is 1. The van der Waals surface area contributed by atoms with E-state index in [0.29, 0.717) is 6.54 Å². The monoisotopic (exact) mass is 371 g/mol. The number of fused-ring (bicyclic) bond motifs is 1. The number of ether oxygens (including phenoxy) is 1. The molecule has 4 rings (SSSR count). The molecule has 0 spiro atoms. The quantitative estimate of drug-likeness (QED) is 0.782. The van der Waals surface area contributed by atoms with Crippen molar-refractivity contribution in [3.05, 3.63) is 47.0 Å². The Kier molecular flexibility index (Phi) is 5.14. The summed E-state index contributed by atoms with van der Waals surface area (Å²) >= 11 is 0. The van der Waals surface area contributed by atoms with Crippen LogP contribution >= 0.6 is 0 Å². The molecule has 1 fully saturated rings. The maximum Gasteiger partial charge on any atom is 0.261 e. The molecule has 1 aromatic carbocycles. The Morgan fingerprint density at radius 2 is 2.04 bits per heavy atom. The third-order valence-corrected chi connectivity index (χ3v) is 5.79. The highest BCUT2D eigenvalue weighted by Crippen LogP contribution is 2.29. The molecule has 1 saturated carbocycles. The van der Waals surface area contributed by atoms with Gasteiger partial charge in [0.1, 0.15) is 0 Å². The fourth-order valence-corrected chi connectivity index (χ4v) is 4.41. The second-order valence-corrected chi connectivity index (χ2v) is 7.53. The van der Waals surface area contributed by atoms with E-state index in [0.717, 1.165) is 50.6 Å². The zero-order valence-electron chi connectivity index (χ0n) is 15.8. The second-order valence-electron chi connectivity index (χ2n) is 7.53. The summed E-state index contributed by atoms with van der Waals surface area (Å²) < 4.78 is 21.2. The molecule has 1 heterocycles. The maximum atomic E-state index is 13.8. The van der Waals surface area contributed by atoms with E-state index >= 15 is 0 Å². The Bertz CT molecular complexity index is 827. The van der Waals surface area contributed by atoms with E-state index in [2.05, 4.69) is 5.10 Å². The maximum absolute atomic E-state index is 13.8. The van der Waals surface area contributed by atoms with Crippen molar-refractivity contribution in [3.8, 4) is 5.75 Å². The molecule has 6 heteroatoms. The Morgan fingerprint density at radius 1 is 1.26 bits per heavy atom. The van der Waals surface area contributed by atoms with E-state index in [1.54, 1.807) is 18.2 Å². The van der Waals surface area contributed by atoms with Crippen molar-refractivity contribution in [2.24, 2.45) is 7.05 Å². The van der Waals surface area contributed by atoms with Crippen LogP contribution in [0.1, 0.15) is 49.1 Å². The Hall–Kier alpha value is -2.37. The first kappa shape index (κ1) is 18.0. The molecule has 0 radical (unpaired) electrons. The van der Waals surface area contributed by atoms with Gasteiger partial charge in [-0.3, -0.25) is 9.48 Å². The summed E-state index contributed by atoms with van der Waals surface area (Å²) in [5.41, 5.74) is 3.62. The number of carbonyl (C=O) groups excluding carboxylic acids is 1. The summed E-state index contributed by atoms with van der Waals surface area (Å²) in [6, 6.07) is 6.42. The lowest BCUT2D eigenvalue weighted by atomic mass is 10.1. The van der Waals surface area contributed by atoms with Crippen LogP contribution < -0.4 is 4.74 Å². The van der Waals surface area contributed by atoms with Gasteiger partial charge in [-0.15, -0.1) is 0 Å². The first-order valence-electron chi connectivity index (χ1n) is 9.84. The molecule has 2 aliphatic rings. The number of para-hydroxylation sites is 1. The van der Waals surface area contributed by atoms with Gasteiger partial charge >= 0.3 is 0 Å². The van der Waals surface area contributed by atoms with Crippen molar-refractivity contribution >= 4 is 5.91 Å². The van der Waals surface area contributed by atoms with Gasteiger partial charge in [0.05, 0.1) is 12.2 Å². The van der Waals surface area contributed by atoms with Crippen LogP contribution in [0.4, 0.5) is 4.39 Å². The van der Waals surface area contributed by atoms with Crippen LogP contribution in [0.25, 0.3) is 0 Å². The van der Waals surface area contributed by atoms with Crippen LogP contribution in [0.15, 0.2) is 24.3 Å². The summed E-state index contributed by atoms with van der Waals surface area (Å²) in [5.74, 6) is -0.418. The average molecular weight is 371 g/mol. The zero-order valence-corrected chi connectivity index (χ0v) is 15.8. The SMILES string of the molecule is Cn1nc(CN(C(=O)COc2ccccc2F)C2CCCC2)c2c1CCC2. The average Bonchev–Trinajstić information content (AvgIpc) is 3.39. The highest BCUT2D eigenvalue weighted by atomic mass is 19.1. The predicted octanol–water partition coefficient (Wildman–Crippen LogP) is 3.40. The van der Waals surface area contributed by atoms with Gasteiger partial charge in [-0.25, -0.2) is 4.39 Å². The molecule has 0 aliphatic heterocycles. The molecule has 2 aromatic rings. The normalized spacial score (nSPS) is 16.5. The largest absolute Gasteiger partial charge is 0.481 e. The molecule has 0 N–H and O–H groups in total. The third-order valence-electron chi connectivity index (χ3n) is 5.79. The highest BCUT2D eigenvalue weighted by molar-refractivity contribution is 5.78. The van der Waals surface area contributed by atoms with E-state index in [9.17, 15) is 9.18 Å². The van der Waals surface area contributed by atoms with Crippen molar-refractivity contribution in [1.29, 1.82) is 0 Å². The van der Waals surface area contributed by atoms with Crippen LogP contribution in [-0.4, -0.2) is 33.2 Å². The Morgan fingerprint density at radius 3 is 2.81 bits per heavy atom. The summed E-state index contributed by atoms with van der Waals surface area (Å²) in [6.07, 6.45) is 7.57. The molecular weight excluding hydrogens is 345 g/mol. The fraction of sp³-hybridized carbons (Fsp3) is 0.524. The van der Waals surface area contributed by atoms with Crippen molar-refractivity contribution in [1.82, 2.24) is 14.7 Å². The van der Waals surface area contributed by atoms with Crippen LogP contribution in [0, 0.1) is 5.82 Å². The van der Waals surface area contributed by atoms with Crippen LogP contribution in [0.3, 0.4) is 0 Å². The van der Waals surface area contributed by atoms with Crippen LogP contribution in [0.2, 0.25) is 0 Å². The van der Waals surface area contributed by atoms with E-state index in [-0.39, 0.29) is 24.3 Å². The van der Waals surface area contributed by atoms with E-state index in [1.807, 2.05) is 16.6 Å². The molecule has 27 heavy (non-hydrogen) atoms. The van der Waals surface area contributed by atoms with Crippen LogP contribution in [0.5, 0.6) is 5.75 Å². The minimum atomic E-state index is -0.444. The van der Waals surface area contributed by atoms with E-state index < -0.39 is 5.82 Å². The Labute approximate surface area is 159 Å². The lowest BCUT2D eigenvalue weighted by Crippen LogP contribution is -2.41. The van der Waals surface area contributed by atoms with Crippen LogP contribution in [-0.2, 0) is 31.2 Å². The number of rotatable bonds is 6. The molecule has 1 aromatic heterocycles. The van der Waals surface area contributed by atoms with Gasteiger partial charge in [0.25, 0.3) is 5.91 Å².